The van der Waals surface area contributed by atoms with Crippen molar-refractivity contribution < 1.29 is 22.7 Å². The largest absolute Gasteiger partial charge is 0.316 e. The van der Waals surface area contributed by atoms with Crippen molar-refractivity contribution in [1.82, 2.24) is 0 Å². The topological polar surface area (TPSA) is 83.7 Å². The summed E-state index contributed by atoms with van der Waals surface area (Å²) in [6, 6.07) is 4.66. The highest BCUT2D eigenvalue weighted by Crippen LogP contribution is 2.15. The van der Waals surface area contributed by atoms with Gasteiger partial charge in [-0.3, -0.25) is 4.55 Å². The SMILES string of the molecule is CO[N+](=O)c1ccc(S(=O)(=O)O)cc1. The lowest BCUT2D eigenvalue weighted by Gasteiger charge is -1.94. The van der Waals surface area contributed by atoms with Crippen LogP contribution in [0.15, 0.2) is 29.2 Å². The molecular weight excluding hydrogens is 210 g/mol. The molecule has 6 nitrogen and oxygen atoms in total. The molecule has 0 bridgehead atoms. The summed E-state index contributed by atoms with van der Waals surface area (Å²) < 4.78 is 29.9. The zero-order valence-corrected chi connectivity index (χ0v) is 8.06. The van der Waals surface area contributed by atoms with Gasteiger partial charge in [0.05, 0.1) is 9.80 Å². The lowest BCUT2D eigenvalue weighted by Crippen LogP contribution is -2.00. The van der Waals surface area contributed by atoms with Crippen LogP contribution in [0.5, 0.6) is 0 Å². The van der Waals surface area contributed by atoms with E-state index in [4.69, 9.17) is 4.55 Å². The number of benzene rings is 1. The number of rotatable bonds is 3. The van der Waals surface area contributed by atoms with Gasteiger partial charge in [0.2, 0.25) is 0 Å². The zero-order chi connectivity index (χ0) is 10.8. The van der Waals surface area contributed by atoms with Gasteiger partial charge in [0, 0.05) is 12.1 Å². The third kappa shape index (κ3) is 2.27. The van der Waals surface area contributed by atoms with Crippen molar-refractivity contribution in [3.05, 3.63) is 29.2 Å². The van der Waals surface area contributed by atoms with Gasteiger partial charge in [0.15, 0.2) is 7.11 Å². The van der Waals surface area contributed by atoms with Crippen LogP contribution >= 0.6 is 0 Å². The van der Waals surface area contributed by atoms with E-state index >= 15 is 0 Å². The van der Waals surface area contributed by atoms with Crippen LogP contribution in [0.2, 0.25) is 0 Å². The average molecular weight is 218 g/mol. The Morgan fingerprint density at radius 3 is 2.14 bits per heavy atom. The van der Waals surface area contributed by atoms with Crippen molar-refractivity contribution >= 4 is 15.8 Å². The number of hydrogen-bond donors (Lipinski definition) is 1. The van der Waals surface area contributed by atoms with Crippen LogP contribution in [0.1, 0.15) is 0 Å². The summed E-state index contributed by atoms with van der Waals surface area (Å²) >= 11 is 0. The molecule has 0 radical (unpaired) electrons. The second-order valence-corrected chi connectivity index (χ2v) is 3.83. The third-order valence-electron chi connectivity index (χ3n) is 1.51. The van der Waals surface area contributed by atoms with Crippen LogP contribution in [-0.2, 0) is 15.0 Å². The smallest absolute Gasteiger partial charge is 0.282 e. The minimum Gasteiger partial charge on any atom is -0.282 e. The molecule has 1 aromatic rings. The minimum atomic E-state index is -4.21. The quantitative estimate of drug-likeness (QED) is 0.602. The minimum absolute atomic E-state index is 0.139. The highest BCUT2D eigenvalue weighted by molar-refractivity contribution is 7.85. The maximum atomic E-state index is 10.9. The average Bonchev–Trinajstić information content (AvgIpc) is 2.15. The van der Waals surface area contributed by atoms with E-state index in [0.717, 1.165) is 12.1 Å². The predicted molar refractivity (Wildman–Crippen MR) is 46.6 cm³/mol. The van der Waals surface area contributed by atoms with Gasteiger partial charge in [-0.25, -0.2) is 4.84 Å². The summed E-state index contributed by atoms with van der Waals surface area (Å²) in [4.78, 5) is 15.1. The maximum Gasteiger partial charge on any atom is 0.316 e. The Kier molecular flexibility index (Phi) is 2.82. The first-order valence-corrected chi connectivity index (χ1v) is 4.98. The van der Waals surface area contributed by atoms with Crippen molar-refractivity contribution in [2.24, 2.45) is 0 Å². The zero-order valence-electron chi connectivity index (χ0n) is 7.25. The van der Waals surface area contributed by atoms with E-state index < -0.39 is 10.1 Å². The fourth-order valence-electron chi connectivity index (χ4n) is 0.845. The Morgan fingerprint density at radius 1 is 1.29 bits per heavy atom. The van der Waals surface area contributed by atoms with E-state index in [1.807, 2.05) is 0 Å². The van der Waals surface area contributed by atoms with Crippen molar-refractivity contribution in [2.75, 3.05) is 7.11 Å². The first-order chi connectivity index (χ1) is 6.45. The lowest BCUT2D eigenvalue weighted by molar-refractivity contribution is -0.736. The molecule has 7 heteroatoms. The Morgan fingerprint density at radius 2 is 1.79 bits per heavy atom. The van der Waals surface area contributed by atoms with E-state index in [9.17, 15) is 13.3 Å². The van der Waals surface area contributed by atoms with Gasteiger partial charge in [-0.15, -0.1) is 0 Å². The molecule has 0 saturated heterocycles. The Hall–Kier alpha value is -1.47. The summed E-state index contributed by atoms with van der Waals surface area (Å²) in [5.41, 5.74) is 0.139. The highest BCUT2D eigenvalue weighted by Gasteiger charge is 2.16. The summed E-state index contributed by atoms with van der Waals surface area (Å²) in [5, 5.41) is 0. The van der Waals surface area contributed by atoms with E-state index in [-0.39, 0.29) is 15.5 Å². The molecule has 0 saturated carbocycles. The van der Waals surface area contributed by atoms with Crippen molar-refractivity contribution in [1.29, 1.82) is 0 Å². The third-order valence-corrected chi connectivity index (χ3v) is 2.38. The highest BCUT2D eigenvalue weighted by atomic mass is 32.2. The van der Waals surface area contributed by atoms with Crippen LogP contribution in [0.4, 0.5) is 5.69 Å². The van der Waals surface area contributed by atoms with Crippen molar-refractivity contribution in [3.8, 4) is 0 Å². The van der Waals surface area contributed by atoms with Crippen LogP contribution in [-0.4, -0.2) is 25.0 Å². The molecule has 0 heterocycles. The summed E-state index contributed by atoms with van der Waals surface area (Å²) in [5.74, 6) is 0. The van der Waals surface area contributed by atoms with Crippen LogP contribution in [0.25, 0.3) is 0 Å². The summed E-state index contributed by atoms with van der Waals surface area (Å²) in [6.07, 6.45) is 0. The Balaban J connectivity index is 3.07. The molecule has 0 unspecified atom stereocenters. The van der Waals surface area contributed by atoms with Crippen LogP contribution in [0.3, 0.4) is 0 Å². The van der Waals surface area contributed by atoms with Gasteiger partial charge in [-0.1, -0.05) is 0 Å². The summed E-state index contributed by atoms with van der Waals surface area (Å²) in [6.45, 7) is 0. The van der Waals surface area contributed by atoms with E-state index in [1.54, 1.807) is 0 Å². The molecule has 0 spiro atoms. The molecule has 76 valence electrons. The van der Waals surface area contributed by atoms with Gasteiger partial charge in [0.1, 0.15) is 0 Å². The normalized spacial score (nSPS) is 11.0. The van der Waals surface area contributed by atoms with E-state index in [1.165, 1.54) is 19.2 Å². The van der Waals surface area contributed by atoms with Gasteiger partial charge in [-0.2, -0.15) is 8.42 Å². The molecule has 0 aliphatic rings. The molecule has 0 atom stereocenters. The Labute approximate surface area is 80.4 Å². The monoisotopic (exact) mass is 218 g/mol. The molecule has 1 rings (SSSR count). The lowest BCUT2D eigenvalue weighted by atomic mass is 10.3. The molecule has 1 aromatic carbocycles. The van der Waals surface area contributed by atoms with Gasteiger partial charge >= 0.3 is 5.69 Å². The molecule has 0 aliphatic carbocycles. The van der Waals surface area contributed by atoms with Crippen LogP contribution < -0.4 is 0 Å². The van der Waals surface area contributed by atoms with Gasteiger partial charge in [0.25, 0.3) is 15.0 Å². The molecular formula is C7H8NO5S+. The molecule has 14 heavy (non-hydrogen) atoms. The van der Waals surface area contributed by atoms with E-state index in [0.29, 0.717) is 0 Å². The standard InChI is InChI=1S/C7H7NO5S/c1-13-8(9)6-2-4-7(5-3-6)14(10,11)12/h2-5H,1H3/p+1. The summed E-state index contributed by atoms with van der Waals surface area (Å²) in [7, 11) is -3.03. The fourth-order valence-corrected chi connectivity index (χ4v) is 1.33. The van der Waals surface area contributed by atoms with Crippen molar-refractivity contribution in [3.63, 3.8) is 0 Å². The molecule has 0 fully saturated rings. The second kappa shape index (κ2) is 3.72. The van der Waals surface area contributed by atoms with Crippen LogP contribution in [0, 0.1) is 4.91 Å². The molecule has 0 amide bonds. The van der Waals surface area contributed by atoms with Crippen molar-refractivity contribution in [2.45, 2.75) is 4.90 Å². The number of nitrogens with zero attached hydrogens (tertiary/aromatic N) is 1. The second-order valence-electron chi connectivity index (χ2n) is 2.41. The number of hydrogen-bond acceptors (Lipinski definition) is 4. The molecule has 0 aliphatic heterocycles. The first kappa shape index (κ1) is 10.6. The predicted octanol–water partition coefficient (Wildman–Crippen LogP) is 0.905. The first-order valence-electron chi connectivity index (χ1n) is 3.54. The maximum absolute atomic E-state index is 10.9. The molecule has 0 aromatic heterocycles. The molecule has 1 N–H and O–H groups in total. The fraction of sp³-hybridized carbons (Fsp3) is 0.143. The van der Waals surface area contributed by atoms with Gasteiger partial charge in [-0.05, 0) is 12.1 Å². The Bertz CT molecular complexity index is 436. The van der Waals surface area contributed by atoms with Gasteiger partial charge < -0.3 is 0 Å². The van der Waals surface area contributed by atoms with E-state index in [2.05, 4.69) is 4.84 Å².